The van der Waals surface area contributed by atoms with Gasteiger partial charge in [0.2, 0.25) is 5.91 Å². The topological polar surface area (TPSA) is 53.8 Å². The van der Waals surface area contributed by atoms with Gasteiger partial charge in [0.15, 0.2) is 5.66 Å². The predicted octanol–water partition coefficient (Wildman–Crippen LogP) is 5.99. The van der Waals surface area contributed by atoms with Gasteiger partial charge in [0.25, 0.3) is 0 Å². The standard InChI is InChI=1S/C23H27N3OS2/c1-16-9-7-10-17(2)20(16)24-19(27)15-29-22-21(18-11-8-14-28-18)25-23(26-22)12-5-3-4-6-13-23/h7-11,14H,3-6,12-13,15H2,1-2H3,(H,24,27). The van der Waals surface area contributed by atoms with E-state index < -0.39 is 0 Å². The minimum absolute atomic E-state index is 0.00226. The molecule has 2 aromatic rings. The van der Waals surface area contributed by atoms with Gasteiger partial charge >= 0.3 is 0 Å². The van der Waals surface area contributed by atoms with Gasteiger partial charge in [0.1, 0.15) is 10.8 Å². The van der Waals surface area contributed by atoms with Crippen molar-refractivity contribution in [3.63, 3.8) is 0 Å². The van der Waals surface area contributed by atoms with Crippen molar-refractivity contribution in [2.75, 3.05) is 11.1 Å². The van der Waals surface area contributed by atoms with E-state index in [-0.39, 0.29) is 11.6 Å². The minimum atomic E-state index is -0.304. The first-order valence-corrected chi connectivity index (χ1v) is 12.2. The molecule has 2 aliphatic rings. The summed E-state index contributed by atoms with van der Waals surface area (Å²) in [6.45, 7) is 4.04. The third-order valence-electron chi connectivity index (χ3n) is 5.58. The molecule has 1 spiro atoms. The Morgan fingerprint density at radius 2 is 1.79 bits per heavy atom. The van der Waals surface area contributed by atoms with Crippen molar-refractivity contribution in [1.82, 2.24) is 0 Å². The first-order chi connectivity index (χ1) is 14.1. The lowest BCUT2D eigenvalue weighted by atomic mass is 10.0. The zero-order valence-corrected chi connectivity index (χ0v) is 18.7. The Balaban J connectivity index is 1.50. The van der Waals surface area contributed by atoms with Crippen molar-refractivity contribution < 1.29 is 4.79 Å². The molecule has 1 N–H and O–H groups in total. The van der Waals surface area contributed by atoms with E-state index in [1.165, 1.54) is 37.4 Å². The number of hydrogen-bond acceptors (Lipinski definition) is 5. The third-order valence-corrected chi connectivity index (χ3v) is 7.42. The molecule has 1 aliphatic carbocycles. The smallest absolute Gasteiger partial charge is 0.234 e. The quantitative estimate of drug-likeness (QED) is 0.654. The summed E-state index contributed by atoms with van der Waals surface area (Å²) in [5.74, 6) is 0.343. The summed E-state index contributed by atoms with van der Waals surface area (Å²) in [4.78, 5) is 24.0. The molecule has 1 aliphatic heterocycles. The molecule has 29 heavy (non-hydrogen) atoms. The molecule has 1 aromatic carbocycles. The number of amides is 1. The van der Waals surface area contributed by atoms with E-state index in [9.17, 15) is 4.79 Å². The molecule has 1 amide bonds. The first-order valence-electron chi connectivity index (χ1n) is 10.3. The van der Waals surface area contributed by atoms with E-state index in [0.29, 0.717) is 5.75 Å². The number of carbonyl (C=O) groups is 1. The predicted molar refractivity (Wildman–Crippen MR) is 126 cm³/mol. The van der Waals surface area contributed by atoms with Crippen LogP contribution in [0.3, 0.4) is 0 Å². The molecule has 152 valence electrons. The molecule has 1 fully saturated rings. The first kappa shape index (κ1) is 20.4. The number of nitrogens with zero attached hydrogens (tertiary/aromatic N) is 2. The average Bonchev–Trinajstić information content (AvgIpc) is 3.28. The van der Waals surface area contributed by atoms with Crippen molar-refractivity contribution in [3.8, 4) is 0 Å². The second kappa shape index (κ2) is 8.84. The molecule has 6 heteroatoms. The van der Waals surface area contributed by atoms with Crippen LogP contribution in [0.25, 0.3) is 0 Å². The molecule has 1 saturated carbocycles. The van der Waals surface area contributed by atoms with Gasteiger partial charge in [-0.3, -0.25) is 9.79 Å². The Hall–Kier alpha value is -1.92. The summed E-state index contributed by atoms with van der Waals surface area (Å²) >= 11 is 3.21. The average molecular weight is 426 g/mol. The Bertz CT molecular complexity index is 919. The van der Waals surface area contributed by atoms with Gasteiger partial charge in [-0.15, -0.1) is 11.3 Å². The minimum Gasteiger partial charge on any atom is -0.325 e. The molecule has 0 saturated heterocycles. The number of aryl methyl sites for hydroxylation is 2. The summed E-state index contributed by atoms with van der Waals surface area (Å²) < 4.78 is 0. The Kier molecular flexibility index (Phi) is 6.20. The Morgan fingerprint density at radius 1 is 1.07 bits per heavy atom. The molecule has 0 bridgehead atoms. The lowest BCUT2D eigenvalue weighted by Crippen LogP contribution is -2.20. The monoisotopic (exact) mass is 425 g/mol. The van der Waals surface area contributed by atoms with Crippen molar-refractivity contribution >= 4 is 45.4 Å². The van der Waals surface area contributed by atoms with E-state index in [0.717, 1.165) is 45.3 Å². The number of carbonyl (C=O) groups excluding carboxylic acids is 1. The largest absolute Gasteiger partial charge is 0.325 e. The summed E-state index contributed by atoms with van der Waals surface area (Å²) in [5.41, 5.74) is 3.76. The lowest BCUT2D eigenvalue weighted by molar-refractivity contribution is -0.113. The van der Waals surface area contributed by atoms with E-state index in [4.69, 9.17) is 9.98 Å². The van der Waals surface area contributed by atoms with Crippen LogP contribution in [0.2, 0.25) is 0 Å². The maximum atomic E-state index is 12.7. The fourth-order valence-electron chi connectivity index (χ4n) is 4.04. The van der Waals surface area contributed by atoms with Crippen LogP contribution in [0.15, 0.2) is 45.7 Å². The summed E-state index contributed by atoms with van der Waals surface area (Å²) in [6.07, 6.45) is 6.91. The number of hydrogen-bond donors (Lipinski definition) is 1. The van der Waals surface area contributed by atoms with Gasteiger partial charge in [-0.2, -0.15) is 0 Å². The molecule has 0 unspecified atom stereocenters. The van der Waals surface area contributed by atoms with Crippen molar-refractivity contribution in [2.45, 2.75) is 58.0 Å². The highest BCUT2D eigenvalue weighted by Crippen LogP contribution is 2.38. The van der Waals surface area contributed by atoms with E-state index in [1.54, 1.807) is 11.3 Å². The molecular formula is C23H27N3OS2. The lowest BCUT2D eigenvalue weighted by Gasteiger charge is -2.20. The fraction of sp³-hybridized carbons (Fsp3) is 0.435. The fourth-order valence-corrected chi connectivity index (χ4v) is 5.68. The van der Waals surface area contributed by atoms with Crippen molar-refractivity contribution in [3.05, 3.63) is 51.7 Å². The van der Waals surface area contributed by atoms with Crippen LogP contribution in [0.4, 0.5) is 5.69 Å². The Morgan fingerprint density at radius 3 is 2.45 bits per heavy atom. The summed E-state index contributed by atoms with van der Waals surface area (Å²) in [6, 6.07) is 10.2. The van der Waals surface area contributed by atoms with Crippen LogP contribution in [0.5, 0.6) is 0 Å². The number of benzene rings is 1. The molecule has 0 atom stereocenters. The number of aliphatic imine (C=N–C) groups is 2. The molecule has 4 rings (SSSR count). The van der Waals surface area contributed by atoms with E-state index in [2.05, 4.69) is 22.8 Å². The highest BCUT2D eigenvalue weighted by molar-refractivity contribution is 8.16. The van der Waals surface area contributed by atoms with Crippen LogP contribution in [0, 0.1) is 13.8 Å². The van der Waals surface area contributed by atoms with E-state index >= 15 is 0 Å². The normalized spacial score (nSPS) is 18.3. The van der Waals surface area contributed by atoms with Crippen LogP contribution >= 0.6 is 23.1 Å². The van der Waals surface area contributed by atoms with Crippen LogP contribution in [0.1, 0.15) is 54.5 Å². The van der Waals surface area contributed by atoms with Gasteiger partial charge in [-0.25, -0.2) is 4.99 Å². The van der Waals surface area contributed by atoms with Gasteiger partial charge in [-0.05, 0) is 62.1 Å². The number of thioether (sulfide) groups is 1. The number of nitrogens with one attached hydrogen (secondary N) is 1. The molecule has 4 nitrogen and oxygen atoms in total. The van der Waals surface area contributed by atoms with Crippen molar-refractivity contribution in [2.24, 2.45) is 9.98 Å². The highest BCUT2D eigenvalue weighted by atomic mass is 32.2. The second-order valence-corrected chi connectivity index (χ2v) is 9.77. The van der Waals surface area contributed by atoms with Gasteiger partial charge in [0.05, 0.1) is 10.6 Å². The zero-order chi connectivity index (χ0) is 20.3. The number of para-hydroxylation sites is 1. The maximum absolute atomic E-state index is 12.7. The number of anilines is 1. The molecule has 2 heterocycles. The SMILES string of the molecule is Cc1cccc(C)c1NC(=O)CSC1=NC2(CCCCCC2)N=C1c1cccs1. The highest BCUT2D eigenvalue weighted by Gasteiger charge is 2.37. The Labute approximate surface area is 180 Å². The number of thiophene rings is 1. The van der Waals surface area contributed by atoms with Crippen LogP contribution in [-0.4, -0.2) is 28.1 Å². The maximum Gasteiger partial charge on any atom is 0.234 e. The van der Waals surface area contributed by atoms with Crippen LogP contribution < -0.4 is 5.32 Å². The molecular weight excluding hydrogens is 398 g/mol. The van der Waals surface area contributed by atoms with Gasteiger partial charge in [-0.1, -0.05) is 48.9 Å². The van der Waals surface area contributed by atoms with Crippen molar-refractivity contribution in [1.29, 1.82) is 0 Å². The zero-order valence-electron chi connectivity index (χ0n) is 17.0. The third kappa shape index (κ3) is 4.64. The summed E-state index contributed by atoms with van der Waals surface area (Å²) in [5, 5.41) is 6.08. The van der Waals surface area contributed by atoms with Crippen LogP contribution in [-0.2, 0) is 4.79 Å². The molecule has 1 aromatic heterocycles. The summed E-state index contributed by atoms with van der Waals surface area (Å²) in [7, 11) is 0. The second-order valence-electron chi connectivity index (χ2n) is 7.85. The number of rotatable bonds is 4. The van der Waals surface area contributed by atoms with E-state index in [1.807, 2.05) is 32.0 Å². The van der Waals surface area contributed by atoms with Gasteiger partial charge < -0.3 is 5.32 Å². The molecule has 0 radical (unpaired) electrons. The van der Waals surface area contributed by atoms with Gasteiger partial charge in [0, 0.05) is 5.69 Å².